The van der Waals surface area contributed by atoms with Crippen molar-refractivity contribution >= 4 is 16.7 Å². The third-order valence-electron chi connectivity index (χ3n) is 3.41. The van der Waals surface area contributed by atoms with Crippen LogP contribution in [0, 0.1) is 5.92 Å². The van der Waals surface area contributed by atoms with Crippen LogP contribution in [-0.2, 0) is 0 Å². The van der Waals surface area contributed by atoms with E-state index in [1.54, 1.807) is 10.9 Å². The number of benzene rings is 2. The van der Waals surface area contributed by atoms with Crippen LogP contribution in [0.2, 0.25) is 0 Å². The van der Waals surface area contributed by atoms with Crippen LogP contribution in [-0.4, -0.2) is 10.5 Å². The molecule has 0 radical (unpaired) electrons. The summed E-state index contributed by atoms with van der Waals surface area (Å²) in [6, 6.07) is 17.3. The van der Waals surface area contributed by atoms with Crippen molar-refractivity contribution in [1.82, 2.24) is 4.73 Å². The maximum absolute atomic E-state index is 12.4. The van der Waals surface area contributed by atoms with Gasteiger partial charge in [-0.15, -0.1) is 0 Å². The quantitative estimate of drug-likeness (QED) is 0.666. The summed E-state index contributed by atoms with van der Waals surface area (Å²) in [6.45, 7) is 3.82. The largest absolute Gasteiger partial charge is 0.375 e. The molecule has 1 aromatic heterocycles. The maximum atomic E-state index is 12.4. The number of rotatable bonds is 4. The molecule has 3 nitrogen and oxygen atoms in total. The molecule has 3 heteroatoms. The van der Waals surface area contributed by atoms with Crippen LogP contribution >= 0.6 is 0 Å². The number of para-hydroxylation sites is 2. The van der Waals surface area contributed by atoms with E-state index in [0.717, 1.165) is 16.7 Å². The molecule has 0 saturated heterocycles. The SMILES string of the molecule is CC(C)C(=O)c1cn(Oc2ccccc2)c2ccccc12. The highest BCUT2D eigenvalue weighted by atomic mass is 16.7. The van der Waals surface area contributed by atoms with Gasteiger partial charge in [-0.2, -0.15) is 4.73 Å². The highest BCUT2D eigenvalue weighted by Crippen LogP contribution is 2.24. The van der Waals surface area contributed by atoms with E-state index in [4.69, 9.17) is 4.84 Å². The van der Waals surface area contributed by atoms with Gasteiger partial charge in [-0.1, -0.05) is 50.2 Å². The Morgan fingerprint density at radius 2 is 1.67 bits per heavy atom. The first-order chi connectivity index (χ1) is 10.2. The van der Waals surface area contributed by atoms with Gasteiger partial charge in [-0.05, 0) is 18.2 Å². The van der Waals surface area contributed by atoms with Gasteiger partial charge >= 0.3 is 0 Å². The number of hydrogen-bond donors (Lipinski definition) is 0. The lowest BCUT2D eigenvalue weighted by Crippen LogP contribution is -2.07. The predicted molar refractivity (Wildman–Crippen MR) is 83.6 cm³/mol. The highest BCUT2D eigenvalue weighted by Gasteiger charge is 2.18. The molecular weight excluding hydrogens is 262 g/mol. The van der Waals surface area contributed by atoms with Crippen molar-refractivity contribution in [2.24, 2.45) is 5.92 Å². The second kappa shape index (κ2) is 5.44. The molecule has 0 N–H and O–H groups in total. The van der Waals surface area contributed by atoms with Gasteiger partial charge in [0.2, 0.25) is 0 Å². The Morgan fingerprint density at radius 3 is 2.38 bits per heavy atom. The third kappa shape index (κ3) is 2.55. The molecule has 0 aliphatic rings. The van der Waals surface area contributed by atoms with E-state index >= 15 is 0 Å². The number of nitrogens with zero attached hydrogens (tertiary/aromatic N) is 1. The molecule has 0 fully saturated rings. The molecule has 3 rings (SSSR count). The lowest BCUT2D eigenvalue weighted by Gasteiger charge is -2.06. The Bertz CT molecular complexity index is 772. The van der Waals surface area contributed by atoms with E-state index in [0.29, 0.717) is 5.56 Å². The van der Waals surface area contributed by atoms with Gasteiger partial charge in [-0.25, -0.2) is 0 Å². The van der Waals surface area contributed by atoms with Crippen molar-refractivity contribution in [3.8, 4) is 5.75 Å². The van der Waals surface area contributed by atoms with Crippen molar-refractivity contribution < 1.29 is 9.63 Å². The second-order valence-corrected chi connectivity index (χ2v) is 5.31. The molecule has 0 aliphatic heterocycles. The van der Waals surface area contributed by atoms with E-state index in [-0.39, 0.29) is 11.7 Å². The topological polar surface area (TPSA) is 31.2 Å². The predicted octanol–water partition coefficient (Wildman–Crippen LogP) is 4.32. The molecule has 3 aromatic rings. The van der Waals surface area contributed by atoms with Gasteiger partial charge in [0.25, 0.3) is 0 Å². The molecule has 0 atom stereocenters. The number of hydrogen-bond acceptors (Lipinski definition) is 2. The lowest BCUT2D eigenvalue weighted by atomic mass is 10.0. The van der Waals surface area contributed by atoms with Crippen molar-refractivity contribution in [1.29, 1.82) is 0 Å². The van der Waals surface area contributed by atoms with E-state index in [9.17, 15) is 4.79 Å². The first-order valence-corrected chi connectivity index (χ1v) is 7.04. The smallest absolute Gasteiger partial charge is 0.167 e. The van der Waals surface area contributed by atoms with E-state index in [2.05, 4.69) is 0 Å². The minimum Gasteiger partial charge on any atom is -0.375 e. The van der Waals surface area contributed by atoms with Gasteiger partial charge in [-0.3, -0.25) is 4.79 Å². The second-order valence-electron chi connectivity index (χ2n) is 5.31. The fourth-order valence-electron chi connectivity index (χ4n) is 2.33. The molecule has 1 heterocycles. The Hall–Kier alpha value is -2.55. The molecule has 0 bridgehead atoms. The zero-order valence-electron chi connectivity index (χ0n) is 12.1. The summed E-state index contributed by atoms with van der Waals surface area (Å²) in [7, 11) is 0. The number of aromatic nitrogens is 1. The Morgan fingerprint density at radius 1 is 1.00 bits per heavy atom. The number of carbonyl (C=O) groups excluding carboxylic acids is 1. The summed E-state index contributed by atoms with van der Waals surface area (Å²) in [5, 5.41) is 0.923. The number of ketones is 1. The molecule has 0 aliphatic carbocycles. The first-order valence-electron chi connectivity index (χ1n) is 7.04. The lowest BCUT2D eigenvalue weighted by molar-refractivity contribution is 0.0939. The highest BCUT2D eigenvalue weighted by molar-refractivity contribution is 6.08. The van der Waals surface area contributed by atoms with Gasteiger partial charge < -0.3 is 4.84 Å². The maximum Gasteiger partial charge on any atom is 0.167 e. The fraction of sp³-hybridized carbons (Fsp3) is 0.167. The normalized spacial score (nSPS) is 11.0. The molecule has 0 amide bonds. The molecule has 0 spiro atoms. The number of carbonyl (C=O) groups is 1. The Labute approximate surface area is 123 Å². The minimum absolute atomic E-state index is 0.0408. The van der Waals surface area contributed by atoms with E-state index in [1.807, 2.05) is 68.4 Å². The van der Waals surface area contributed by atoms with Crippen LogP contribution in [0.25, 0.3) is 10.9 Å². The summed E-state index contributed by atoms with van der Waals surface area (Å²) in [4.78, 5) is 18.2. The van der Waals surface area contributed by atoms with Crippen LogP contribution in [0.3, 0.4) is 0 Å². The molecular formula is C18H17NO2. The van der Waals surface area contributed by atoms with Crippen LogP contribution in [0.5, 0.6) is 5.75 Å². The first kappa shape index (κ1) is 13.4. The summed E-state index contributed by atoms with van der Waals surface area (Å²) >= 11 is 0. The van der Waals surface area contributed by atoms with Crippen LogP contribution in [0.1, 0.15) is 24.2 Å². The standard InChI is InChI=1S/C18H17NO2/c1-13(2)18(20)16-12-19(17-11-7-6-10-15(16)17)21-14-8-4-3-5-9-14/h3-13H,1-2H3. The molecule has 106 valence electrons. The minimum atomic E-state index is -0.0408. The van der Waals surface area contributed by atoms with Gasteiger partial charge in [0.1, 0.15) is 0 Å². The Kier molecular flexibility index (Phi) is 3.48. The average molecular weight is 279 g/mol. The molecule has 2 aromatic carbocycles. The van der Waals surface area contributed by atoms with Gasteiger partial charge in [0, 0.05) is 16.9 Å². The van der Waals surface area contributed by atoms with Crippen LogP contribution in [0.4, 0.5) is 0 Å². The van der Waals surface area contributed by atoms with Crippen LogP contribution < -0.4 is 4.84 Å². The average Bonchev–Trinajstić information content (AvgIpc) is 2.86. The van der Waals surface area contributed by atoms with E-state index < -0.39 is 0 Å². The third-order valence-corrected chi connectivity index (χ3v) is 3.41. The van der Waals surface area contributed by atoms with Gasteiger partial charge in [0.05, 0.1) is 11.7 Å². The molecule has 0 saturated carbocycles. The van der Waals surface area contributed by atoms with E-state index in [1.165, 1.54) is 0 Å². The number of Topliss-reactive ketones (excluding diaryl/α,β-unsaturated/α-hetero) is 1. The summed E-state index contributed by atoms with van der Waals surface area (Å²) in [5.74, 6) is 0.824. The summed E-state index contributed by atoms with van der Waals surface area (Å²) < 4.78 is 1.67. The van der Waals surface area contributed by atoms with Crippen molar-refractivity contribution in [3.05, 3.63) is 66.4 Å². The summed E-state index contributed by atoms with van der Waals surface area (Å²) in [6.07, 6.45) is 1.78. The van der Waals surface area contributed by atoms with Crippen molar-refractivity contribution in [3.63, 3.8) is 0 Å². The molecule has 21 heavy (non-hydrogen) atoms. The fourth-order valence-corrected chi connectivity index (χ4v) is 2.33. The van der Waals surface area contributed by atoms with Crippen molar-refractivity contribution in [2.75, 3.05) is 0 Å². The summed E-state index contributed by atoms with van der Waals surface area (Å²) in [5.41, 5.74) is 1.60. The zero-order valence-corrected chi connectivity index (χ0v) is 12.1. The van der Waals surface area contributed by atoms with Crippen LogP contribution in [0.15, 0.2) is 60.8 Å². The molecule has 0 unspecified atom stereocenters. The van der Waals surface area contributed by atoms with Gasteiger partial charge in [0.15, 0.2) is 11.5 Å². The number of fused-ring (bicyclic) bond motifs is 1. The zero-order chi connectivity index (χ0) is 14.8. The van der Waals surface area contributed by atoms with Crippen molar-refractivity contribution in [2.45, 2.75) is 13.8 Å². The monoisotopic (exact) mass is 279 g/mol. The Balaban J connectivity index is 2.09.